The van der Waals surface area contributed by atoms with E-state index in [0.717, 1.165) is 58.0 Å². The van der Waals surface area contributed by atoms with Crippen molar-refractivity contribution in [3.05, 3.63) is 0 Å². The van der Waals surface area contributed by atoms with Crippen LogP contribution in [-0.4, -0.2) is 49.8 Å². The molecular weight excluding hydrogens is 338 g/mol. The average molecular weight is 392 g/mol. The van der Waals surface area contributed by atoms with Crippen molar-refractivity contribution in [2.24, 2.45) is 5.73 Å². The molecule has 0 atom stereocenters. The van der Waals surface area contributed by atoms with Gasteiger partial charge in [0.1, 0.15) is 0 Å². The molecule has 0 aliphatic carbocycles. The van der Waals surface area contributed by atoms with Gasteiger partial charge in [-0.25, -0.2) is 0 Å². The Morgan fingerprint density at radius 3 is 2.22 bits per heavy atom. The first-order valence-corrected chi connectivity index (χ1v) is 11.3. The molecule has 0 heterocycles. The molecule has 0 aliphatic heterocycles. The third kappa shape index (κ3) is 16.0. The van der Waals surface area contributed by atoms with Crippen LogP contribution in [0.5, 0.6) is 0 Å². The zero-order chi connectivity index (χ0) is 20.4. The molecule has 3 N–H and O–H groups in total. The van der Waals surface area contributed by atoms with Gasteiger partial charge >= 0.3 is 0 Å². The Kier molecular flexibility index (Phi) is 17.0. The normalized spacial score (nSPS) is 11.9. The maximum absolute atomic E-state index is 11.6. The van der Waals surface area contributed by atoms with Gasteiger partial charge in [0, 0.05) is 29.3 Å². The minimum atomic E-state index is -0.172. The predicted molar refractivity (Wildman–Crippen MR) is 122 cm³/mol. The molecule has 0 unspecified atom stereocenters. The smallest absolute Gasteiger partial charge is 0.219 e. The van der Waals surface area contributed by atoms with E-state index in [-0.39, 0.29) is 15.7 Å². The van der Waals surface area contributed by atoms with Crippen molar-refractivity contribution >= 4 is 5.91 Å². The van der Waals surface area contributed by atoms with Gasteiger partial charge in [-0.2, -0.15) is 0 Å². The maximum Gasteiger partial charge on any atom is 0.219 e. The van der Waals surface area contributed by atoms with Crippen LogP contribution in [0.1, 0.15) is 102 Å². The van der Waals surface area contributed by atoms with Crippen molar-refractivity contribution in [3.8, 4) is 0 Å². The summed E-state index contributed by atoms with van der Waals surface area (Å²) in [4.78, 5) is 13.8. The van der Waals surface area contributed by atoms with Gasteiger partial charge in [0.2, 0.25) is 5.91 Å². The first kappa shape index (κ1) is 26.4. The molecule has 27 heavy (non-hydrogen) atoms. The third-order valence-electron chi connectivity index (χ3n) is 5.05. The summed E-state index contributed by atoms with van der Waals surface area (Å²) in [6, 6.07) is 0. The van der Waals surface area contributed by atoms with Gasteiger partial charge in [0.25, 0.3) is 0 Å². The van der Waals surface area contributed by atoms with Gasteiger partial charge < -0.3 is 15.8 Å². The van der Waals surface area contributed by atoms with Crippen molar-refractivity contribution in [2.45, 2.75) is 103 Å². The van der Waals surface area contributed by atoms with Crippen molar-refractivity contribution in [2.75, 3.05) is 33.5 Å². The Bertz CT molecular complexity index is 357. The van der Waals surface area contributed by atoms with E-state index < -0.39 is 0 Å². The van der Waals surface area contributed by atoms with Crippen LogP contribution >= 0.6 is 0 Å². The Hall–Kier alpha value is -0.650. The van der Waals surface area contributed by atoms with Crippen molar-refractivity contribution in [1.29, 1.82) is 0 Å². The number of ether oxygens (including phenoxy) is 1. The molecule has 0 saturated carbocycles. The maximum atomic E-state index is 11.6. The number of amides is 1. The van der Waals surface area contributed by atoms with Crippen LogP contribution in [-0.2, 0) is 9.53 Å². The van der Waals surface area contributed by atoms with Gasteiger partial charge in [0.15, 0.2) is 0 Å². The lowest BCUT2D eigenvalue weighted by Gasteiger charge is -2.30. The fourth-order valence-electron chi connectivity index (χ4n) is 3.15. The number of carbonyl (C=O) groups excluding carboxylic acids is 1. The van der Waals surface area contributed by atoms with E-state index in [2.05, 4.69) is 38.0 Å². The van der Waals surface area contributed by atoms with E-state index in [1.807, 2.05) is 0 Å². The molecule has 0 bridgehead atoms. The largest absolute Gasteiger partial charge is 0.364 e. The van der Waals surface area contributed by atoms with E-state index in [1.54, 1.807) is 0 Å². The predicted octanol–water partition coefficient (Wildman–Crippen LogP) is 5.18. The molecule has 0 radical (unpaired) electrons. The summed E-state index contributed by atoms with van der Waals surface area (Å²) in [7, 11) is 2.08. The molecule has 0 fully saturated rings. The summed E-state index contributed by atoms with van der Waals surface area (Å²) in [5.74, 6) is 0.193. The van der Waals surface area contributed by atoms with Crippen LogP contribution in [0.15, 0.2) is 0 Å². The summed E-state index contributed by atoms with van der Waals surface area (Å²) in [5.41, 5.74) is 6.41. The van der Waals surface area contributed by atoms with E-state index in [0.29, 0.717) is 19.8 Å². The second kappa shape index (κ2) is 17.4. The molecule has 168 valence electrons. The molecule has 0 aromatic rings. The van der Waals surface area contributed by atoms with Crippen LogP contribution in [0.4, 0.5) is 0 Å². The van der Waals surface area contributed by atoms with Gasteiger partial charge in [-0.1, -0.05) is 59.3 Å². The second-order valence-electron chi connectivity index (χ2n) is 8.14. The number of nitrogens with zero attached hydrogens (tertiary/aromatic N) is 1. The molecule has 0 aromatic carbocycles. The number of rotatable bonds is 19. The molecule has 1 amide bonds. The lowest BCUT2D eigenvalue weighted by molar-refractivity contribution is -0.121. The Balaban J connectivity index is -0.00000113. The highest BCUT2D eigenvalue weighted by Gasteiger charge is 2.24. The first-order valence-electron chi connectivity index (χ1n) is 11.3. The minimum Gasteiger partial charge on any atom is -0.364 e. The Morgan fingerprint density at radius 2 is 1.63 bits per heavy atom. The van der Waals surface area contributed by atoms with E-state index >= 15 is 0 Å². The van der Waals surface area contributed by atoms with Crippen LogP contribution in [0.2, 0.25) is 0 Å². The van der Waals surface area contributed by atoms with Crippen LogP contribution in [0, 0.1) is 0 Å². The van der Waals surface area contributed by atoms with Gasteiger partial charge in [-0.3, -0.25) is 9.69 Å². The number of hydrogen-bond acceptors (Lipinski definition) is 4. The van der Waals surface area contributed by atoms with Crippen LogP contribution in [0.25, 0.3) is 0 Å². The quantitative estimate of drug-likeness (QED) is 0.235. The summed E-state index contributed by atoms with van der Waals surface area (Å²) in [5, 5.41) is 3.01. The monoisotopic (exact) mass is 391 g/mol. The summed E-state index contributed by atoms with van der Waals surface area (Å²) >= 11 is 0. The van der Waals surface area contributed by atoms with Crippen molar-refractivity contribution in [3.63, 3.8) is 0 Å². The fourth-order valence-corrected chi connectivity index (χ4v) is 3.15. The topological polar surface area (TPSA) is 67.6 Å². The molecular formula is C22H53N3O2. The molecule has 5 heteroatoms. The first-order chi connectivity index (χ1) is 13.0. The molecule has 0 aliphatic rings. The summed E-state index contributed by atoms with van der Waals surface area (Å²) < 4.78 is 5.94. The summed E-state index contributed by atoms with van der Waals surface area (Å²) in [6.45, 7) is 9.60. The Labute approximate surface area is 173 Å². The highest BCUT2D eigenvalue weighted by molar-refractivity contribution is 5.75. The molecule has 0 aromatic heterocycles. The highest BCUT2D eigenvalue weighted by Crippen LogP contribution is 2.19. The van der Waals surface area contributed by atoms with Gasteiger partial charge in [-0.15, -0.1) is 0 Å². The second-order valence-corrected chi connectivity index (χ2v) is 8.14. The van der Waals surface area contributed by atoms with Gasteiger partial charge in [-0.05, 0) is 39.2 Å². The molecule has 0 spiro atoms. The van der Waals surface area contributed by atoms with E-state index in [4.69, 9.17) is 10.5 Å². The number of unbranched alkanes of at least 4 members (excludes halogenated alkanes) is 5. The zero-order valence-electron chi connectivity index (χ0n) is 18.7. The van der Waals surface area contributed by atoms with Crippen LogP contribution < -0.4 is 11.1 Å². The number of hydrogen-bond donors (Lipinski definition) is 2. The number of carbonyl (C=O) groups is 1. The van der Waals surface area contributed by atoms with Gasteiger partial charge in [0.05, 0.1) is 13.3 Å². The lowest BCUT2D eigenvalue weighted by Crippen LogP contribution is -2.45. The third-order valence-corrected chi connectivity index (χ3v) is 5.05. The SMILES string of the molecule is CCCCCC(=O)NCCCCN(C)COCC(N)(CCCC)CCCC.[HH].[HH].[HH]. The molecule has 0 saturated heterocycles. The minimum absolute atomic E-state index is 0. The zero-order valence-corrected chi connectivity index (χ0v) is 18.7. The average Bonchev–Trinajstić information content (AvgIpc) is 2.65. The van der Waals surface area contributed by atoms with Crippen molar-refractivity contribution < 1.29 is 13.8 Å². The summed E-state index contributed by atoms with van der Waals surface area (Å²) in [6.07, 6.45) is 12.8. The number of nitrogens with two attached hydrogens (primary N) is 1. The highest BCUT2D eigenvalue weighted by atomic mass is 16.5. The van der Waals surface area contributed by atoms with Crippen LogP contribution in [0.3, 0.4) is 0 Å². The lowest BCUT2D eigenvalue weighted by atomic mass is 9.89. The standard InChI is InChI=1S/C22H47N3O2.3H2/c1-5-8-11-14-21(26)24-17-12-13-18-25(4)20-27-19-22(23,15-9-6-2)16-10-7-3;;;/h5-20,23H2,1-4H3,(H,24,26);3*1H. The molecule has 0 rings (SSSR count). The van der Waals surface area contributed by atoms with E-state index in [9.17, 15) is 4.79 Å². The molecule has 5 nitrogen and oxygen atoms in total. The number of nitrogens with one attached hydrogen (secondary N) is 1. The fraction of sp³-hybridized carbons (Fsp3) is 0.955. The van der Waals surface area contributed by atoms with Crippen molar-refractivity contribution in [1.82, 2.24) is 10.2 Å². The van der Waals surface area contributed by atoms with E-state index in [1.165, 1.54) is 25.7 Å². The Morgan fingerprint density at radius 1 is 1.00 bits per heavy atom.